The fourth-order valence-corrected chi connectivity index (χ4v) is 5.23. The molecule has 1 heterocycles. The number of sulfonamides is 1. The average molecular weight is 491 g/mol. The van der Waals surface area contributed by atoms with Crippen LogP contribution < -0.4 is 10.1 Å². The molecular formula is C28H30N2O4S. The fourth-order valence-electron chi connectivity index (χ4n) is 4.01. The van der Waals surface area contributed by atoms with E-state index in [-0.39, 0.29) is 11.8 Å². The largest absolute Gasteiger partial charge is 0.489 e. The molecular weight excluding hydrogens is 460 g/mol. The Morgan fingerprint density at radius 3 is 2.29 bits per heavy atom. The first-order valence-corrected chi connectivity index (χ1v) is 13.3. The summed E-state index contributed by atoms with van der Waals surface area (Å²) in [4.78, 5) is 12.7. The van der Waals surface area contributed by atoms with Crippen molar-refractivity contribution in [3.63, 3.8) is 0 Å². The van der Waals surface area contributed by atoms with Gasteiger partial charge in [0.05, 0.1) is 0 Å². The molecule has 0 unspecified atom stereocenters. The zero-order chi connectivity index (χ0) is 24.5. The number of carbonyl (C=O) groups excluding carboxylic acids is 1. The third-order valence-corrected chi connectivity index (χ3v) is 7.60. The molecule has 4 rings (SSSR count). The van der Waals surface area contributed by atoms with E-state index < -0.39 is 10.0 Å². The van der Waals surface area contributed by atoms with Crippen molar-refractivity contribution in [1.82, 2.24) is 9.62 Å². The molecule has 3 aromatic carbocycles. The summed E-state index contributed by atoms with van der Waals surface area (Å²) in [6, 6.07) is 27.0. The zero-order valence-electron chi connectivity index (χ0n) is 19.5. The predicted molar refractivity (Wildman–Crippen MR) is 138 cm³/mol. The lowest BCUT2D eigenvalue weighted by molar-refractivity contribution is -0.126. The van der Waals surface area contributed by atoms with Gasteiger partial charge in [0.1, 0.15) is 12.4 Å². The molecule has 6 nitrogen and oxygen atoms in total. The maximum atomic E-state index is 12.7. The highest BCUT2D eigenvalue weighted by molar-refractivity contribution is 7.92. The second kappa shape index (κ2) is 11.8. The lowest BCUT2D eigenvalue weighted by atomic mass is 9.97. The predicted octanol–water partition coefficient (Wildman–Crippen LogP) is 4.59. The number of carbonyl (C=O) groups is 1. The highest BCUT2D eigenvalue weighted by Crippen LogP contribution is 2.22. The summed E-state index contributed by atoms with van der Waals surface area (Å²) >= 11 is 0. The number of piperidine rings is 1. The van der Waals surface area contributed by atoms with Crippen LogP contribution in [0, 0.1) is 5.92 Å². The molecule has 1 N–H and O–H groups in total. The molecule has 0 aliphatic carbocycles. The summed E-state index contributed by atoms with van der Waals surface area (Å²) < 4.78 is 32.6. The second-order valence-corrected chi connectivity index (χ2v) is 10.4. The molecule has 1 aliphatic rings. The van der Waals surface area contributed by atoms with Gasteiger partial charge in [0.15, 0.2) is 0 Å². The summed E-state index contributed by atoms with van der Waals surface area (Å²) in [6.45, 7) is 1.56. The van der Waals surface area contributed by atoms with Crippen LogP contribution in [0.1, 0.15) is 29.5 Å². The van der Waals surface area contributed by atoms with Crippen molar-refractivity contribution in [2.24, 2.45) is 5.92 Å². The van der Waals surface area contributed by atoms with Gasteiger partial charge in [-0.1, -0.05) is 72.8 Å². The second-order valence-electron chi connectivity index (χ2n) is 8.57. The third-order valence-electron chi connectivity index (χ3n) is 6.03. The molecule has 0 bridgehead atoms. The first kappa shape index (κ1) is 24.7. The van der Waals surface area contributed by atoms with Crippen LogP contribution in [0.5, 0.6) is 5.75 Å². The van der Waals surface area contributed by atoms with Gasteiger partial charge >= 0.3 is 0 Å². The number of nitrogens with zero attached hydrogens (tertiary/aromatic N) is 1. The molecule has 1 fully saturated rings. The van der Waals surface area contributed by atoms with E-state index in [1.807, 2.05) is 84.9 Å². The normalized spacial score (nSPS) is 15.2. The summed E-state index contributed by atoms with van der Waals surface area (Å²) in [6.07, 6.45) is 2.61. The first-order chi connectivity index (χ1) is 17.0. The van der Waals surface area contributed by atoms with Gasteiger partial charge in [-0.25, -0.2) is 8.42 Å². The van der Waals surface area contributed by atoms with E-state index >= 15 is 0 Å². The van der Waals surface area contributed by atoms with Gasteiger partial charge in [0.2, 0.25) is 15.9 Å². The van der Waals surface area contributed by atoms with Crippen LogP contribution >= 0.6 is 0 Å². The number of hydrogen-bond acceptors (Lipinski definition) is 4. The highest BCUT2D eigenvalue weighted by Gasteiger charge is 2.29. The van der Waals surface area contributed by atoms with Crippen molar-refractivity contribution in [3.8, 4) is 5.75 Å². The fraction of sp³-hybridized carbons (Fsp3) is 0.250. The van der Waals surface area contributed by atoms with Crippen LogP contribution in [0.3, 0.4) is 0 Å². The minimum Gasteiger partial charge on any atom is -0.489 e. The Kier molecular flexibility index (Phi) is 8.34. The number of amides is 1. The van der Waals surface area contributed by atoms with Gasteiger partial charge < -0.3 is 10.1 Å². The smallest absolute Gasteiger partial charge is 0.236 e. The van der Waals surface area contributed by atoms with Gasteiger partial charge in [-0.3, -0.25) is 4.79 Å². The molecule has 1 amide bonds. The molecule has 0 aromatic heterocycles. The van der Waals surface area contributed by atoms with Crippen LogP contribution in [0.4, 0.5) is 0 Å². The average Bonchev–Trinajstić information content (AvgIpc) is 2.91. The van der Waals surface area contributed by atoms with Gasteiger partial charge in [0, 0.05) is 31.0 Å². The van der Waals surface area contributed by atoms with E-state index in [4.69, 9.17) is 4.74 Å². The third kappa shape index (κ3) is 7.28. The molecule has 1 aliphatic heterocycles. The van der Waals surface area contributed by atoms with Gasteiger partial charge in [-0.2, -0.15) is 4.31 Å². The molecule has 182 valence electrons. The minimum atomic E-state index is -3.51. The number of hydrogen-bond donors (Lipinski definition) is 1. The van der Waals surface area contributed by atoms with Crippen molar-refractivity contribution in [2.75, 3.05) is 13.1 Å². The lowest BCUT2D eigenvalue weighted by Crippen LogP contribution is -2.42. The Morgan fingerprint density at radius 1 is 0.914 bits per heavy atom. The number of rotatable bonds is 9. The zero-order valence-corrected chi connectivity index (χ0v) is 20.4. The standard InChI is InChI=1S/C28H30N2O4S/c31-28(29-21-25-12-7-13-27(20-25)34-22-24-10-5-2-6-11-24)26-14-17-30(18-15-26)35(32,33)19-16-23-8-3-1-4-9-23/h1-13,16,19-20,26H,14-15,17-18,21-22H2,(H,29,31)/b19-16+. The molecule has 35 heavy (non-hydrogen) atoms. The number of benzene rings is 3. The van der Waals surface area contributed by atoms with Crippen molar-refractivity contribution >= 4 is 22.0 Å². The molecule has 7 heteroatoms. The minimum absolute atomic E-state index is 0.0440. The maximum absolute atomic E-state index is 12.7. The highest BCUT2D eigenvalue weighted by atomic mass is 32.2. The summed E-state index contributed by atoms with van der Waals surface area (Å²) in [5.74, 6) is 0.511. The Labute approximate surface area is 207 Å². The maximum Gasteiger partial charge on any atom is 0.236 e. The van der Waals surface area contributed by atoms with Gasteiger partial charge in [-0.05, 0) is 47.7 Å². The van der Waals surface area contributed by atoms with E-state index in [2.05, 4.69) is 5.32 Å². The topological polar surface area (TPSA) is 75.7 Å². The van der Waals surface area contributed by atoms with Crippen molar-refractivity contribution in [3.05, 3.63) is 107 Å². The van der Waals surface area contributed by atoms with Crippen molar-refractivity contribution in [2.45, 2.75) is 26.0 Å². The van der Waals surface area contributed by atoms with Crippen molar-refractivity contribution < 1.29 is 17.9 Å². The quantitative estimate of drug-likeness (QED) is 0.476. The molecule has 0 radical (unpaired) electrons. The number of ether oxygens (including phenoxy) is 1. The Bertz CT molecular complexity index is 1240. The van der Waals surface area contributed by atoms with Crippen LogP contribution in [0.2, 0.25) is 0 Å². The molecule has 0 saturated carbocycles. The van der Waals surface area contributed by atoms with E-state index in [0.29, 0.717) is 39.1 Å². The molecule has 3 aromatic rings. The summed E-state index contributed by atoms with van der Waals surface area (Å²) in [5, 5.41) is 4.24. The van der Waals surface area contributed by atoms with Gasteiger partial charge in [0.25, 0.3) is 0 Å². The van der Waals surface area contributed by atoms with Crippen LogP contribution in [-0.4, -0.2) is 31.7 Å². The first-order valence-electron chi connectivity index (χ1n) is 11.8. The van der Waals surface area contributed by atoms with E-state index in [1.165, 1.54) is 9.71 Å². The van der Waals surface area contributed by atoms with Crippen LogP contribution in [0.15, 0.2) is 90.3 Å². The summed E-state index contributed by atoms with van der Waals surface area (Å²) in [5.41, 5.74) is 2.88. The Hall–Kier alpha value is -3.42. The van der Waals surface area contributed by atoms with Crippen LogP contribution in [0.25, 0.3) is 6.08 Å². The van der Waals surface area contributed by atoms with Crippen molar-refractivity contribution in [1.29, 1.82) is 0 Å². The SMILES string of the molecule is O=C(NCc1cccc(OCc2ccccc2)c1)C1CCN(S(=O)(=O)/C=C/c2ccccc2)CC1. The summed E-state index contributed by atoms with van der Waals surface area (Å²) in [7, 11) is -3.51. The van der Waals surface area contributed by atoms with Crippen LogP contribution in [-0.2, 0) is 28.0 Å². The molecule has 1 saturated heterocycles. The molecule has 0 spiro atoms. The number of nitrogens with one attached hydrogen (secondary N) is 1. The monoisotopic (exact) mass is 490 g/mol. The van der Waals surface area contributed by atoms with Gasteiger partial charge in [-0.15, -0.1) is 0 Å². The van der Waals surface area contributed by atoms with E-state index in [9.17, 15) is 13.2 Å². The van der Waals surface area contributed by atoms with E-state index in [1.54, 1.807) is 6.08 Å². The van der Waals surface area contributed by atoms with E-state index in [0.717, 1.165) is 22.4 Å². The molecule has 0 atom stereocenters. The Morgan fingerprint density at radius 2 is 1.57 bits per heavy atom. The lowest BCUT2D eigenvalue weighted by Gasteiger charge is -2.29. The Balaban J connectivity index is 1.24.